The van der Waals surface area contributed by atoms with Crippen LogP contribution in [-0.4, -0.2) is 36.2 Å². The fourth-order valence-electron chi connectivity index (χ4n) is 1.96. The minimum Gasteiger partial charge on any atom is -0.444 e. The Morgan fingerprint density at radius 1 is 1.32 bits per heavy atom. The molecule has 0 aromatic heterocycles. The lowest BCUT2D eigenvalue weighted by Crippen LogP contribution is -2.38. The van der Waals surface area contributed by atoms with E-state index >= 15 is 0 Å². The van der Waals surface area contributed by atoms with Crippen LogP contribution in [0.4, 0.5) is 4.79 Å². The smallest absolute Gasteiger partial charge is 0.410 e. The third kappa shape index (κ3) is 7.27. The normalized spacial score (nSPS) is 11.3. The van der Waals surface area contributed by atoms with Gasteiger partial charge in [-0.25, -0.2) is 4.79 Å². The number of ether oxygens (including phenoxy) is 1. The summed E-state index contributed by atoms with van der Waals surface area (Å²) >= 11 is 3.54. The van der Waals surface area contributed by atoms with Gasteiger partial charge in [-0.2, -0.15) is 0 Å². The first kappa shape index (κ1) is 19.0. The third-order valence-electron chi connectivity index (χ3n) is 3.09. The fourth-order valence-corrected chi connectivity index (χ4v) is 2.39. The van der Waals surface area contributed by atoms with Crippen LogP contribution in [0.25, 0.3) is 0 Å². The lowest BCUT2D eigenvalue weighted by molar-refractivity contribution is 0.0258. The molecule has 4 nitrogen and oxygen atoms in total. The summed E-state index contributed by atoms with van der Waals surface area (Å²) in [6, 6.07) is 8.17. The predicted molar refractivity (Wildman–Crippen MR) is 93.9 cm³/mol. The molecule has 22 heavy (non-hydrogen) atoms. The van der Waals surface area contributed by atoms with Crippen LogP contribution in [0.2, 0.25) is 0 Å². The van der Waals surface area contributed by atoms with Crippen LogP contribution in [-0.2, 0) is 11.3 Å². The molecule has 1 rings (SSSR count). The molecule has 1 aromatic carbocycles. The molecule has 0 atom stereocenters. The van der Waals surface area contributed by atoms with Crippen molar-refractivity contribution >= 4 is 22.0 Å². The van der Waals surface area contributed by atoms with Gasteiger partial charge < -0.3 is 15.0 Å². The van der Waals surface area contributed by atoms with Crippen molar-refractivity contribution in [1.29, 1.82) is 0 Å². The Morgan fingerprint density at radius 3 is 2.59 bits per heavy atom. The highest BCUT2D eigenvalue weighted by Crippen LogP contribution is 2.15. The van der Waals surface area contributed by atoms with Gasteiger partial charge in [0.2, 0.25) is 0 Å². The van der Waals surface area contributed by atoms with Crippen molar-refractivity contribution in [2.24, 2.45) is 0 Å². The molecule has 1 amide bonds. The number of halogens is 1. The Kier molecular flexibility index (Phi) is 7.90. The van der Waals surface area contributed by atoms with E-state index in [9.17, 15) is 4.79 Å². The maximum Gasteiger partial charge on any atom is 0.410 e. The molecule has 5 heteroatoms. The van der Waals surface area contributed by atoms with Crippen LogP contribution in [0.5, 0.6) is 0 Å². The number of nitrogens with one attached hydrogen (secondary N) is 1. The van der Waals surface area contributed by atoms with Gasteiger partial charge in [0.1, 0.15) is 5.60 Å². The highest BCUT2D eigenvalue weighted by atomic mass is 79.9. The number of amides is 1. The van der Waals surface area contributed by atoms with Crippen molar-refractivity contribution in [3.63, 3.8) is 0 Å². The van der Waals surface area contributed by atoms with Gasteiger partial charge in [-0.15, -0.1) is 0 Å². The van der Waals surface area contributed by atoms with Crippen molar-refractivity contribution in [2.75, 3.05) is 19.6 Å². The van der Waals surface area contributed by atoms with Crippen LogP contribution in [0.3, 0.4) is 0 Å². The maximum atomic E-state index is 12.0. The first-order valence-corrected chi connectivity index (χ1v) is 8.55. The molecule has 1 N–H and O–H groups in total. The average molecular weight is 371 g/mol. The SMILES string of the molecule is CCN(CCCNCc1ccccc1Br)C(=O)OC(C)(C)C. The third-order valence-corrected chi connectivity index (χ3v) is 3.86. The van der Waals surface area contributed by atoms with E-state index < -0.39 is 5.60 Å². The summed E-state index contributed by atoms with van der Waals surface area (Å²) in [6.07, 6.45) is 0.665. The van der Waals surface area contributed by atoms with Gasteiger partial charge in [0, 0.05) is 24.1 Å². The predicted octanol–water partition coefficient (Wildman–Crippen LogP) is 4.19. The van der Waals surface area contributed by atoms with E-state index in [1.165, 1.54) is 5.56 Å². The lowest BCUT2D eigenvalue weighted by Gasteiger charge is -2.26. The molecule has 0 unspecified atom stereocenters. The van der Waals surface area contributed by atoms with Gasteiger partial charge in [-0.1, -0.05) is 34.1 Å². The molecule has 0 saturated heterocycles. The summed E-state index contributed by atoms with van der Waals surface area (Å²) in [5.41, 5.74) is 0.796. The molecule has 0 spiro atoms. The standard InChI is InChI=1S/C17H27BrN2O2/c1-5-20(16(21)22-17(2,3)4)12-8-11-19-13-14-9-6-7-10-15(14)18/h6-7,9-10,19H,5,8,11-13H2,1-4H3. The highest BCUT2D eigenvalue weighted by molar-refractivity contribution is 9.10. The van der Waals surface area contributed by atoms with E-state index in [0.29, 0.717) is 13.1 Å². The van der Waals surface area contributed by atoms with Crippen LogP contribution >= 0.6 is 15.9 Å². The van der Waals surface area contributed by atoms with Gasteiger partial charge >= 0.3 is 6.09 Å². The maximum absolute atomic E-state index is 12.0. The van der Waals surface area contributed by atoms with Crippen LogP contribution in [0, 0.1) is 0 Å². The number of carbonyl (C=O) groups is 1. The molecule has 0 saturated carbocycles. The topological polar surface area (TPSA) is 41.6 Å². The fraction of sp³-hybridized carbons (Fsp3) is 0.588. The van der Waals surface area contributed by atoms with Crippen molar-refractivity contribution in [1.82, 2.24) is 10.2 Å². The number of hydrogen-bond acceptors (Lipinski definition) is 3. The van der Waals surface area contributed by atoms with E-state index in [2.05, 4.69) is 27.3 Å². The first-order valence-electron chi connectivity index (χ1n) is 7.75. The zero-order chi connectivity index (χ0) is 16.6. The zero-order valence-corrected chi connectivity index (χ0v) is 15.6. The molecule has 0 radical (unpaired) electrons. The van der Waals surface area contributed by atoms with Crippen molar-refractivity contribution < 1.29 is 9.53 Å². The average Bonchev–Trinajstić information content (AvgIpc) is 2.42. The summed E-state index contributed by atoms with van der Waals surface area (Å²) in [7, 11) is 0. The van der Waals surface area contributed by atoms with E-state index in [1.807, 2.05) is 45.9 Å². The molecule has 0 fully saturated rings. The van der Waals surface area contributed by atoms with Crippen molar-refractivity contribution in [3.05, 3.63) is 34.3 Å². The van der Waals surface area contributed by atoms with E-state index in [0.717, 1.165) is 24.0 Å². The second-order valence-electron chi connectivity index (χ2n) is 6.18. The largest absolute Gasteiger partial charge is 0.444 e. The summed E-state index contributed by atoms with van der Waals surface area (Å²) in [4.78, 5) is 13.7. The number of hydrogen-bond donors (Lipinski definition) is 1. The molecular formula is C17H27BrN2O2. The van der Waals surface area contributed by atoms with Gasteiger partial charge in [0.05, 0.1) is 0 Å². The monoisotopic (exact) mass is 370 g/mol. The Balaban J connectivity index is 2.27. The second kappa shape index (κ2) is 9.16. The van der Waals surface area contributed by atoms with Crippen LogP contribution < -0.4 is 5.32 Å². The van der Waals surface area contributed by atoms with Gasteiger partial charge in [-0.05, 0) is 52.3 Å². The molecule has 0 aliphatic carbocycles. The zero-order valence-electron chi connectivity index (χ0n) is 14.0. The number of benzene rings is 1. The highest BCUT2D eigenvalue weighted by Gasteiger charge is 2.20. The summed E-state index contributed by atoms with van der Waals surface area (Å²) in [6.45, 7) is 10.7. The molecule has 1 aromatic rings. The minimum atomic E-state index is -0.442. The van der Waals surface area contributed by atoms with E-state index in [-0.39, 0.29) is 6.09 Å². The van der Waals surface area contributed by atoms with Gasteiger partial charge in [0.25, 0.3) is 0 Å². The number of carbonyl (C=O) groups excluding carboxylic acids is 1. The summed E-state index contributed by atoms with van der Waals surface area (Å²) < 4.78 is 6.51. The van der Waals surface area contributed by atoms with Crippen molar-refractivity contribution in [3.8, 4) is 0 Å². The van der Waals surface area contributed by atoms with Crippen molar-refractivity contribution in [2.45, 2.75) is 46.3 Å². The second-order valence-corrected chi connectivity index (χ2v) is 7.04. The molecule has 0 aliphatic rings. The Bertz CT molecular complexity index is 472. The lowest BCUT2D eigenvalue weighted by atomic mass is 10.2. The quantitative estimate of drug-likeness (QED) is 0.731. The molecule has 0 aliphatic heterocycles. The van der Waals surface area contributed by atoms with E-state index in [1.54, 1.807) is 4.90 Å². The minimum absolute atomic E-state index is 0.235. The van der Waals surface area contributed by atoms with E-state index in [4.69, 9.17) is 4.74 Å². The molecule has 0 heterocycles. The number of rotatable bonds is 7. The summed E-state index contributed by atoms with van der Waals surface area (Å²) in [5.74, 6) is 0. The van der Waals surface area contributed by atoms with Crippen LogP contribution in [0.15, 0.2) is 28.7 Å². The van der Waals surface area contributed by atoms with Gasteiger partial charge in [-0.3, -0.25) is 0 Å². The van der Waals surface area contributed by atoms with Gasteiger partial charge in [0.15, 0.2) is 0 Å². The first-order chi connectivity index (χ1) is 10.3. The molecular weight excluding hydrogens is 344 g/mol. The summed E-state index contributed by atoms with van der Waals surface area (Å²) in [5, 5.41) is 3.40. The molecule has 0 bridgehead atoms. The Labute approximate surface area is 142 Å². The number of nitrogens with zero attached hydrogens (tertiary/aromatic N) is 1. The Hall–Kier alpha value is -1.07. The molecule has 124 valence electrons. The van der Waals surface area contributed by atoms with Crippen LogP contribution in [0.1, 0.15) is 39.7 Å². The Morgan fingerprint density at radius 2 is 2.00 bits per heavy atom.